The van der Waals surface area contributed by atoms with E-state index in [1.54, 1.807) is 4.90 Å². The summed E-state index contributed by atoms with van der Waals surface area (Å²) in [6.07, 6.45) is 0.306. The third-order valence-corrected chi connectivity index (χ3v) is 3.71. The van der Waals surface area contributed by atoms with Gasteiger partial charge in [-0.3, -0.25) is 0 Å². The van der Waals surface area contributed by atoms with Gasteiger partial charge in [-0.1, -0.05) is 45.0 Å². The van der Waals surface area contributed by atoms with Gasteiger partial charge in [-0.15, -0.1) is 0 Å². The van der Waals surface area contributed by atoms with Crippen LogP contribution >= 0.6 is 0 Å². The first kappa shape index (κ1) is 14.9. The van der Waals surface area contributed by atoms with Crippen LogP contribution in [-0.4, -0.2) is 35.2 Å². The Morgan fingerprint density at radius 1 is 1.35 bits per heavy atom. The van der Waals surface area contributed by atoms with E-state index in [9.17, 15) is 9.90 Å². The summed E-state index contributed by atoms with van der Waals surface area (Å²) >= 11 is 0. The van der Waals surface area contributed by atoms with E-state index >= 15 is 0 Å². The average Bonchev–Trinajstić information content (AvgIpc) is 2.82. The molecule has 1 heterocycles. The van der Waals surface area contributed by atoms with E-state index < -0.39 is 0 Å². The first-order valence-electron chi connectivity index (χ1n) is 7.16. The lowest BCUT2D eigenvalue weighted by atomic mass is 9.87. The molecule has 2 N–H and O–H groups in total. The molecule has 1 aromatic rings. The molecule has 4 nitrogen and oxygen atoms in total. The molecule has 1 fully saturated rings. The van der Waals surface area contributed by atoms with Gasteiger partial charge in [0.1, 0.15) is 0 Å². The number of carbonyl (C=O) groups is 1. The molecular formula is C16H24N2O2. The zero-order chi connectivity index (χ0) is 14.8. The van der Waals surface area contributed by atoms with E-state index in [1.807, 2.05) is 0 Å². The summed E-state index contributed by atoms with van der Waals surface area (Å²) in [5, 5.41) is 12.3. The zero-order valence-corrected chi connectivity index (χ0v) is 12.5. The number of hydrogen-bond acceptors (Lipinski definition) is 2. The molecule has 1 aliphatic rings. The smallest absolute Gasteiger partial charge is 0.317 e. The summed E-state index contributed by atoms with van der Waals surface area (Å²) in [7, 11) is 0. The number of amides is 2. The van der Waals surface area contributed by atoms with Crippen molar-refractivity contribution in [2.45, 2.75) is 45.3 Å². The van der Waals surface area contributed by atoms with Crippen molar-refractivity contribution >= 4 is 6.03 Å². The highest BCUT2D eigenvalue weighted by atomic mass is 16.3. The van der Waals surface area contributed by atoms with Gasteiger partial charge < -0.3 is 15.3 Å². The third-order valence-electron chi connectivity index (χ3n) is 3.71. The fourth-order valence-electron chi connectivity index (χ4n) is 2.34. The lowest BCUT2D eigenvalue weighted by Gasteiger charge is -2.19. The fourth-order valence-corrected chi connectivity index (χ4v) is 2.34. The molecule has 110 valence electrons. The predicted octanol–water partition coefficient (Wildman–Crippen LogP) is 2.26. The summed E-state index contributed by atoms with van der Waals surface area (Å²) in [4.78, 5) is 13.6. The van der Waals surface area contributed by atoms with Crippen LogP contribution < -0.4 is 5.32 Å². The fraction of sp³-hybridized carbons (Fsp3) is 0.562. The van der Waals surface area contributed by atoms with Gasteiger partial charge in [-0.2, -0.15) is 0 Å². The highest BCUT2D eigenvalue weighted by molar-refractivity contribution is 5.74. The Morgan fingerprint density at radius 2 is 2.00 bits per heavy atom. The second-order valence-electron chi connectivity index (χ2n) is 6.49. The maximum absolute atomic E-state index is 11.9. The number of hydrogen-bond donors (Lipinski definition) is 2. The molecule has 0 saturated carbocycles. The first-order chi connectivity index (χ1) is 9.36. The molecule has 1 aliphatic heterocycles. The maximum Gasteiger partial charge on any atom is 0.317 e. The van der Waals surface area contributed by atoms with Gasteiger partial charge in [0, 0.05) is 19.6 Å². The van der Waals surface area contributed by atoms with Crippen LogP contribution in [0.3, 0.4) is 0 Å². The predicted molar refractivity (Wildman–Crippen MR) is 79.6 cm³/mol. The molecule has 0 unspecified atom stereocenters. The van der Waals surface area contributed by atoms with Gasteiger partial charge in [0.05, 0.1) is 6.10 Å². The van der Waals surface area contributed by atoms with Crippen molar-refractivity contribution < 1.29 is 9.90 Å². The molecule has 1 saturated heterocycles. The highest BCUT2D eigenvalue weighted by Gasteiger charge is 2.24. The molecule has 0 spiro atoms. The van der Waals surface area contributed by atoms with Crippen molar-refractivity contribution in [1.82, 2.24) is 10.2 Å². The van der Waals surface area contributed by atoms with Crippen molar-refractivity contribution in [2.24, 2.45) is 0 Å². The third kappa shape index (κ3) is 3.73. The highest BCUT2D eigenvalue weighted by Crippen LogP contribution is 2.22. The molecule has 2 amide bonds. The lowest BCUT2D eigenvalue weighted by Crippen LogP contribution is -2.38. The molecule has 0 aliphatic carbocycles. The quantitative estimate of drug-likeness (QED) is 0.870. The van der Waals surface area contributed by atoms with Crippen molar-refractivity contribution in [2.75, 3.05) is 13.1 Å². The van der Waals surface area contributed by atoms with E-state index in [2.05, 4.69) is 50.4 Å². The number of β-amino-alcohol motifs (C(OH)–C–C–N with tert-alkyl or cyclic N) is 1. The Hall–Kier alpha value is -1.55. The molecule has 4 heteroatoms. The number of aliphatic hydroxyl groups excluding tert-OH is 1. The topological polar surface area (TPSA) is 52.6 Å². The van der Waals surface area contributed by atoms with E-state index in [4.69, 9.17) is 0 Å². The molecule has 0 radical (unpaired) electrons. The standard InChI is InChI=1S/C16H24N2O2/c1-16(2,3)13-6-4-12(5-7-13)10-17-15(20)18-9-8-14(19)11-18/h4-7,14,19H,8-11H2,1-3H3,(H,17,20)/t14-/m1/s1. The van der Waals surface area contributed by atoms with Gasteiger partial charge in [-0.25, -0.2) is 4.79 Å². The van der Waals surface area contributed by atoms with Crippen LogP contribution in [0.15, 0.2) is 24.3 Å². The van der Waals surface area contributed by atoms with Crippen LogP contribution in [-0.2, 0) is 12.0 Å². The van der Waals surface area contributed by atoms with E-state index in [0.717, 1.165) is 5.56 Å². The molecular weight excluding hydrogens is 252 g/mol. The summed E-state index contributed by atoms with van der Waals surface area (Å²) in [6, 6.07) is 8.24. The van der Waals surface area contributed by atoms with Crippen molar-refractivity contribution in [3.63, 3.8) is 0 Å². The number of urea groups is 1. The Labute approximate surface area is 120 Å². The Morgan fingerprint density at radius 3 is 2.50 bits per heavy atom. The number of nitrogens with zero attached hydrogens (tertiary/aromatic N) is 1. The van der Waals surface area contributed by atoms with Crippen LogP contribution in [0.4, 0.5) is 4.79 Å². The lowest BCUT2D eigenvalue weighted by molar-refractivity contribution is 0.172. The second-order valence-corrected chi connectivity index (χ2v) is 6.49. The maximum atomic E-state index is 11.9. The first-order valence-corrected chi connectivity index (χ1v) is 7.16. The largest absolute Gasteiger partial charge is 0.391 e. The number of aliphatic hydroxyl groups is 1. The molecule has 2 rings (SSSR count). The summed E-state index contributed by atoms with van der Waals surface area (Å²) in [6.45, 7) is 8.15. The van der Waals surface area contributed by atoms with E-state index in [1.165, 1.54) is 5.56 Å². The number of benzene rings is 1. The minimum absolute atomic E-state index is 0.0959. The molecule has 1 atom stereocenters. The Bertz CT molecular complexity index is 462. The SMILES string of the molecule is CC(C)(C)c1ccc(CNC(=O)N2CC[C@@H](O)C2)cc1. The molecule has 1 aromatic carbocycles. The minimum Gasteiger partial charge on any atom is -0.391 e. The van der Waals surface area contributed by atoms with Gasteiger partial charge in [0.2, 0.25) is 0 Å². The number of carbonyl (C=O) groups excluding carboxylic acids is 1. The summed E-state index contributed by atoms with van der Waals surface area (Å²) < 4.78 is 0. The minimum atomic E-state index is -0.369. The van der Waals surface area contributed by atoms with Crippen molar-refractivity contribution in [3.8, 4) is 0 Å². The van der Waals surface area contributed by atoms with Gasteiger partial charge in [-0.05, 0) is 23.0 Å². The van der Waals surface area contributed by atoms with Crippen molar-refractivity contribution in [1.29, 1.82) is 0 Å². The number of rotatable bonds is 2. The second kappa shape index (κ2) is 5.83. The van der Waals surface area contributed by atoms with Crippen LogP contribution in [0.2, 0.25) is 0 Å². The van der Waals surface area contributed by atoms with Crippen molar-refractivity contribution in [3.05, 3.63) is 35.4 Å². The van der Waals surface area contributed by atoms with E-state index in [-0.39, 0.29) is 17.6 Å². The summed E-state index contributed by atoms with van der Waals surface area (Å²) in [5.74, 6) is 0. The van der Waals surface area contributed by atoms with Crippen LogP contribution in [0.5, 0.6) is 0 Å². The summed E-state index contributed by atoms with van der Waals surface area (Å²) in [5.41, 5.74) is 2.52. The Balaban J connectivity index is 1.86. The molecule has 0 aromatic heterocycles. The van der Waals surface area contributed by atoms with Crippen LogP contribution in [0.25, 0.3) is 0 Å². The zero-order valence-electron chi connectivity index (χ0n) is 12.5. The molecule has 0 bridgehead atoms. The molecule has 20 heavy (non-hydrogen) atoms. The Kier molecular flexibility index (Phi) is 4.33. The number of nitrogens with one attached hydrogen (secondary N) is 1. The average molecular weight is 276 g/mol. The van der Waals surface area contributed by atoms with E-state index in [0.29, 0.717) is 26.1 Å². The van der Waals surface area contributed by atoms with Gasteiger partial charge in [0.25, 0.3) is 0 Å². The van der Waals surface area contributed by atoms with Gasteiger partial charge in [0.15, 0.2) is 0 Å². The monoisotopic (exact) mass is 276 g/mol. The van der Waals surface area contributed by atoms with Crippen LogP contribution in [0, 0.1) is 0 Å². The number of likely N-dealkylation sites (tertiary alicyclic amines) is 1. The van der Waals surface area contributed by atoms with Gasteiger partial charge >= 0.3 is 6.03 Å². The van der Waals surface area contributed by atoms with Crippen LogP contribution in [0.1, 0.15) is 38.3 Å². The normalized spacial score (nSPS) is 19.2.